The van der Waals surface area contributed by atoms with E-state index in [1.807, 2.05) is 0 Å². The fourth-order valence-electron chi connectivity index (χ4n) is 2.07. The molecule has 2 N–H and O–H groups in total. The van der Waals surface area contributed by atoms with Gasteiger partial charge in [0.2, 0.25) is 10.0 Å². The molecule has 9 heteroatoms. The summed E-state index contributed by atoms with van der Waals surface area (Å²) in [6.45, 7) is 6.07. The van der Waals surface area contributed by atoms with Crippen molar-refractivity contribution < 1.29 is 17.9 Å². The fraction of sp³-hybridized carbons (Fsp3) is 0.615. The first-order chi connectivity index (χ1) is 9.77. The van der Waals surface area contributed by atoms with Crippen molar-refractivity contribution in [2.75, 3.05) is 33.8 Å². The summed E-state index contributed by atoms with van der Waals surface area (Å²) in [6, 6.07) is 0. The molecule has 0 spiro atoms. The molecule has 0 aliphatic heterocycles. The Balaban J connectivity index is 0.00000441. The predicted molar refractivity (Wildman–Crippen MR) is 87.2 cm³/mol. The number of nitrogens with one attached hydrogen (secondary N) is 2. The average molecular weight is 354 g/mol. The zero-order valence-electron chi connectivity index (χ0n) is 13.5. The summed E-state index contributed by atoms with van der Waals surface area (Å²) in [7, 11) is -0.373. The Labute approximate surface area is 137 Å². The minimum Gasteiger partial charge on any atom is -0.461 e. The maximum Gasteiger partial charge on any atom is 0.355 e. The Morgan fingerprint density at radius 1 is 1.36 bits per heavy atom. The van der Waals surface area contributed by atoms with Crippen molar-refractivity contribution in [3.63, 3.8) is 0 Å². The highest BCUT2D eigenvalue weighted by Gasteiger charge is 2.29. The summed E-state index contributed by atoms with van der Waals surface area (Å²) in [5, 5.41) is 2.90. The van der Waals surface area contributed by atoms with Crippen molar-refractivity contribution in [3.05, 3.63) is 17.0 Å². The molecule has 0 radical (unpaired) electrons. The summed E-state index contributed by atoms with van der Waals surface area (Å²) in [6.07, 6.45) is 0. The molecule has 1 heterocycles. The highest BCUT2D eigenvalue weighted by atomic mass is 35.5. The number of rotatable bonds is 7. The minimum atomic E-state index is -3.65. The predicted octanol–water partition coefficient (Wildman–Crippen LogP) is 1.07. The van der Waals surface area contributed by atoms with Gasteiger partial charge in [-0.2, -0.15) is 4.31 Å². The van der Waals surface area contributed by atoms with E-state index in [2.05, 4.69) is 10.3 Å². The molecular weight excluding hydrogens is 330 g/mol. The maximum absolute atomic E-state index is 12.6. The standard InChI is InChI=1S/C13H23N3O4S.ClH/c1-6-20-13(17)11-9(2)12(10(3)15-11)21(18,19)16(5)8-7-14-4;/h14-15H,6-8H2,1-5H3;1H. The number of likely N-dealkylation sites (N-methyl/N-ethyl adjacent to an activating group) is 2. The van der Waals surface area contributed by atoms with Crippen LogP contribution in [0.2, 0.25) is 0 Å². The van der Waals surface area contributed by atoms with Crippen LogP contribution in [0.4, 0.5) is 0 Å². The van der Waals surface area contributed by atoms with Crippen molar-refractivity contribution >= 4 is 28.4 Å². The lowest BCUT2D eigenvalue weighted by molar-refractivity contribution is 0.0519. The molecule has 0 aliphatic carbocycles. The SMILES string of the molecule is CCOC(=O)c1[nH]c(C)c(S(=O)(=O)N(C)CCNC)c1C.Cl. The van der Waals surface area contributed by atoms with Crippen LogP contribution in [0.5, 0.6) is 0 Å². The topological polar surface area (TPSA) is 91.5 Å². The van der Waals surface area contributed by atoms with Gasteiger partial charge in [-0.1, -0.05) is 0 Å². The zero-order chi connectivity index (χ0) is 16.2. The molecule has 128 valence electrons. The first-order valence-electron chi connectivity index (χ1n) is 6.74. The second kappa shape index (κ2) is 8.52. The monoisotopic (exact) mass is 353 g/mol. The van der Waals surface area contributed by atoms with Gasteiger partial charge in [0.25, 0.3) is 0 Å². The number of aromatic nitrogens is 1. The van der Waals surface area contributed by atoms with Crippen LogP contribution >= 0.6 is 12.4 Å². The summed E-state index contributed by atoms with van der Waals surface area (Å²) < 4.78 is 31.4. The molecule has 0 amide bonds. The number of sulfonamides is 1. The third-order valence-electron chi connectivity index (χ3n) is 3.19. The van der Waals surface area contributed by atoms with E-state index in [-0.39, 0.29) is 29.6 Å². The number of halogens is 1. The third-order valence-corrected chi connectivity index (χ3v) is 5.32. The van der Waals surface area contributed by atoms with Gasteiger partial charge < -0.3 is 15.0 Å². The molecule has 0 saturated heterocycles. The molecule has 0 bridgehead atoms. The van der Waals surface area contributed by atoms with E-state index in [9.17, 15) is 13.2 Å². The first-order valence-corrected chi connectivity index (χ1v) is 8.18. The van der Waals surface area contributed by atoms with Crippen LogP contribution in [0.15, 0.2) is 4.90 Å². The molecule has 1 aromatic heterocycles. The summed E-state index contributed by atoms with van der Waals surface area (Å²) in [5.41, 5.74) is 1.02. The molecule has 0 unspecified atom stereocenters. The van der Waals surface area contributed by atoms with Gasteiger partial charge in [0, 0.05) is 31.4 Å². The van der Waals surface area contributed by atoms with Crippen molar-refractivity contribution in [2.45, 2.75) is 25.7 Å². The van der Waals surface area contributed by atoms with Gasteiger partial charge in [0.15, 0.2) is 0 Å². The van der Waals surface area contributed by atoms with Gasteiger partial charge in [-0.05, 0) is 27.8 Å². The number of aryl methyl sites for hydroxylation is 1. The van der Waals surface area contributed by atoms with Crippen molar-refractivity contribution in [3.8, 4) is 0 Å². The second-order valence-electron chi connectivity index (χ2n) is 4.73. The van der Waals surface area contributed by atoms with Crippen LogP contribution < -0.4 is 5.32 Å². The van der Waals surface area contributed by atoms with Crippen molar-refractivity contribution in [1.82, 2.24) is 14.6 Å². The number of hydrogen-bond acceptors (Lipinski definition) is 5. The average Bonchev–Trinajstić information content (AvgIpc) is 2.71. The number of carbonyl (C=O) groups excluding carboxylic acids is 1. The van der Waals surface area contributed by atoms with Gasteiger partial charge in [-0.3, -0.25) is 0 Å². The van der Waals surface area contributed by atoms with Gasteiger partial charge >= 0.3 is 5.97 Å². The fourth-order valence-corrected chi connectivity index (χ4v) is 3.64. The van der Waals surface area contributed by atoms with Gasteiger partial charge in [0.1, 0.15) is 10.6 Å². The number of nitrogens with zero attached hydrogens (tertiary/aromatic N) is 1. The summed E-state index contributed by atoms with van der Waals surface area (Å²) in [5.74, 6) is -0.544. The number of ether oxygens (including phenoxy) is 1. The van der Waals surface area contributed by atoms with Gasteiger partial charge in [0.05, 0.1) is 6.61 Å². The van der Waals surface area contributed by atoms with Crippen LogP contribution in [0.25, 0.3) is 0 Å². The Bertz CT molecular complexity index is 613. The van der Waals surface area contributed by atoms with Crippen molar-refractivity contribution in [1.29, 1.82) is 0 Å². The summed E-state index contributed by atoms with van der Waals surface area (Å²) in [4.78, 5) is 14.8. The van der Waals surface area contributed by atoms with Crippen molar-refractivity contribution in [2.24, 2.45) is 0 Å². The number of hydrogen-bond donors (Lipinski definition) is 2. The lowest BCUT2D eigenvalue weighted by Crippen LogP contribution is -2.33. The third kappa shape index (κ3) is 4.22. The highest BCUT2D eigenvalue weighted by Crippen LogP contribution is 2.26. The molecule has 0 fully saturated rings. The molecule has 0 saturated carbocycles. The molecule has 0 atom stereocenters. The van der Waals surface area contributed by atoms with E-state index in [0.717, 1.165) is 0 Å². The van der Waals surface area contributed by atoms with Crippen LogP contribution in [0.1, 0.15) is 28.7 Å². The van der Waals surface area contributed by atoms with E-state index < -0.39 is 16.0 Å². The van der Waals surface area contributed by atoms with Crippen LogP contribution in [0.3, 0.4) is 0 Å². The van der Waals surface area contributed by atoms with Crippen LogP contribution in [-0.2, 0) is 14.8 Å². The smallest absolute Gasteiger partial charge is 0.355 e. The molecule has 1 rings (SSSR count). The quantitative estimate of drug-likeness (QED) is 0.715. The minimum absolute atomic E-state index is 0. The number of aromatic amines is 1. The summed E-state index contributed by atoms with van der Waals surface area (Å²) >= 11 is 0. The van der Waals surface area contributed by atoms with E-state index >= 15 is 0 Å². The molecule has 22 heavy (non-hydrogen) atoms. The van der Waals surface area contributed by atoms with Crippen LogP contribution in [-0.4, -0.2) is 57.5 Å². The lowest BCUT2D eigenvalue weighted by Gasteiger charge is -2.17. The number of H-pyrrole nitrogens is 1. The Hall–Kier alpha value is -1.09. The Kier molecular flexibility index (Phi) is 8.10. The Morgan fingerprint density at radius 3 is 2.45 bits per heavy atom. The van der Waals surface area contributed by atoms with E-state index in [4.69, 9.17) is 4.74 Å². The molecule has 1 aromatic rings. The van der Waals surface area contributed by atoms with E-state index in [1.165, 1.54) is 11.4 Å². The van der Waals surface area contributed by atoms with Crippen LogP contribution in [0, 0.1) is 13.8 Å². The second-order valence-corrected chi connectivity index (χ2v) is 6.71. The number of carbonyl (C=O) groups is 1. The molecule has 0 aromatic carbocycles. The van der Waals surface area contributed by atoms with E-state index in [0.29, 0.717) is 24.3 Å². The van der Waals surface area contributed by atoms with Gasteiger partial charge in [-0.25, -0.2) is 13.2 Å². The maximum atomic E-state index is 12.6. The van der Waals surface area contributed by atoms with E-state index in [1.54, 1.807) is 27.8 Å². The highest BCUT2D eigenvalue weighted by molar-refractivity contribution is 7.89. The molecule has 0 aliphatic rings. The number of esters is 1. The first kappa shape index (κ1) is 20.9. The largest absolute Gasteiger partial charge is 0.461 e. The molecular formula is C13H24ClN3O4S. The Morgan fingerprint density at radius 2 is 1.95 bits per heavy atom. The normalized spacial score (nSPS) is 11.4. The zero-order valence-corrected chi connectivity index (χ0v) is 15.2. The lowest BCUT2D eigenvalue weighted by atomic mass is 10.2. The molecule has 7 nitrogen and oxygen atoms in total. The van der Waals surface area contributed by atoms with Gasteiger partial charge in [-0.15, -0.1) is 12.4 Å².